The Kier molecular flexibility index (Phi) is 7.18. The van der Waals surface area contributed by atoms with Crippen LogP contribution in [0.15, 0.2) is 66.9 Å². The number of methoxy groups -OCH3 is 1. The van der Waals surface area contributed by atoms with E-state index >= 15 is 0 Å². The van der Waals surface area contributed by atoms with Crippen LogP contribution in [-0.4, -0.2) is 33.3 Å². The summed E-state index contributed by atoms with van der Waals surface area (Å²) < 4.78 is 17.0. The number of nitrogens with zero attached hydrogens (tertiary/aromatic N) is 4. The van der Waals surface area contributed by atoms with E-state index in [1.807, 2.05) is 48.9 Å². The van der Waals surface area contributed by atoms with E-state index in [2.05, 4.69) is 43.9 Å². The number of anilines is 1. The minimum atomic E-state index is 0.438. The Labute approximate surface area is 210 Å². The van der Waals surface area contributed by atoms with Gasteiger partial charge in [-0.15, -0.1) is 10.2 Å². The summed E-state index contributed by atoms with van der Waals surface area (Å²) in [4.78, 5) is 0. The maximum absolute atomic E-state index is 6.27. The van der Waals surface area contributed by atoms with Gasteiger partial charge in [0.25, 0.3) is 5.88 Å². The fourth-order valence-corrected chi connectivity index (χ4v) is 4.97. The van der Waals surface area contributed by atoms with Gasteiger partial charge in [0, 0.05) is 22.9 Å². The molecule has 0 spiro atoms. The van der Waals surface area contributed by atoms with Crippen molar-refractivity contribution in [2.24, 2.45) is 0 Å². The van der Waals surface area contributed by atoms with Crippen molar-refractivity contribution in [1.29, 1.82) is 0 Å². The van der Waals surface area contributed by atoms with Crippen molar-refractivity contribution in [3.8, 4) is 34.1 Å². The van der Waals surface area contributed by atoms with Gasteiger partial charge in [-0.25, -0.2) is 0 Å². The zero-order valence-electron chi connectivity index (χ0n) is 20.0. The molecule has 2 heterocycles. The van der Waals surface area contributed by atoms with Crippen molar-refractivity contribution in [3.05, 3.63) is 72.4 Å². The van der Waals surface area contributed by atoms with E-state index in [1.165, 1.54) is 43.2 Å². The topological polar surface area (TPSA) is 74.1 Å². The average Bonchev–Trinajstić information content (AvgIpc) is 3.58. The van der Waals surface area contributed by atoms with Crippen molar-refractivity contribution in [1.82, 2.24) is 20.0 Å². The molecule has 0 amide bonds. The first-order valence-electron chi connectivity index (χ1n) is 11.8. The second-order valence-electron chi connectivity index (χ2n) is 8.54. The minimum absolute atomic E-state index is 0.438. The highest BCUT2D eigenvalue weighted by molar-refractivity contribution is 7.99. The molecule has 1 aliphatic carbocycles. The average molecular weight is 488 g/mol. The first-order chi connectivity index (χ1) is 17.3. The predicted octanol–water partition coefficient (Wildman–Crippen LogP) is 6.40. The molecule has 5 rings (SSSR count). The molecule has 4 aromatic rings. The lowest BCUT2D eigenvalue weighted by molar-refractivity contribution is 0.306. The summed E-state index contributed by atoms with van der Waals surface area (Å²) in [7, 11) is 1.59. The van der Waals surface area contributed by atoms with Crippen LogP contribution in [0.5, 0.6) is 11.6 Å². The third-order valence-electron chi connectivity index (χ3n) is 6.28. The minimum Gasteiger partial charge on any atom is -0.489 e. The van der Waals surface area contributed by atoms with Crippen molar-refractivity contribution in [2.75, 3.05) is 18.1 Å². The first kappa shape index (κ1) is 23.2. The second kappa shape index (κ2) is 10.8. The van der Waals surface area contributed by atoms with Gasteiger partial charge in [-0.3, -0.25) is 4.68 Å². The molecular formula is C27H29N5O2S. The van der Waals surface area contributed by atoms with Crippen LogP contribution in [0.2, 0.25) is 0 Å². The summed E-state index contributed by atoms with van der Waals surface area (Å²) in [5.74, 6) is 1.23. The highest BCUT2D eigenvalue weighted by atomic mass is 32.2. The van der Waals surface area contributed by atoms with Crippen LogP contribution in [0.25, 0.3) is 22.5 Å². The maximum atomic E-state index is 6.27. The van der Waals surface area contributed by atoms with E-state index < -0.39 is 0 Å². The molecule has 0 unspecified atom stereocenters. The van der Waals surface area contributed by atoms with E-state index in [0.29, 0.717) is 18.5 Å². The third-order valence-corrected chi connectivity index (χ3v) is 6.70. The lowest BCUT2D eigenvalue weighted by Gasteiger charge is -2.16. The molecule has 7 nitrogen and oxygen atoms in total. The number of rotatable bonds is 9. The van der Waals surface area contributed by atoms with E-state index in [4.69, 9.17) is 14.6 Å². The fraction of sp³-hybridized carbons (Fsp3) is 0.296. The molecule has 8 heteroatoms. The fourth-order valence-electron chi connectivity index (χ4n) is 4.60. The van der Waals surface area contributed by atoms with E-state index in [-0.39, 0.29) is 0 Å². The quantitative estimate of drug-likeness (QED) is 0.274. The van der Waals surface area contributed by atoms with Gasteiger partial charge >= 0.3 is 0 Å². The van der Waals surface area contributed by atoms with Crippen LogP contribution in [0, 0.1) is 0 Å². The van der Waals surface area contributed by atoms with Crippen LogP contribution in [0.1, 0.15) is 37.3 Å². The van der Waals surface area contributed by atoms with Crippen LogP contribution in [-0.2, 0) is 6.61 Å². The van der Waals surface area contributed by atoms with Crippen LogP contribution in [0.3, 0.4) is 0 Å². The molecule has 35 heavy (non-hydrogen) atoms. The Hall–Kier alpha value is -3.52. The number of nitrogens with one attached hydrogen (secondary N) is 1. The summed E-state index contributed by atoms with van der Waals surface area (Å²) >= 11 is 1.48. The molecule has 0 radical (unpaired) electrons. The Bertz CT molecular complexity index is 1270. The molecule has 0 aliphatic heterocycles. The third kappa shape index (κ3) is 5.12. The molecule has 0 saturated heterocycles. The molecule has 1 N–H and O–H groups in total. The van der Waals surface area contributed by atoms with Crippen molar-refractivity contribution < 1.29 is 9.47 Å². The van der Waals surface area contributed by atoms with Gasteiger partial charge in [-0.2, -0.15) is 5.10 Å². The van der Waals surface area contributed by atoms with E-state index in [0.717, 1.165) is 34.0 Å². The van der Waals surface area contributed by atoms with Gasteiger partial charge < -0.3 is 14.2 Å². The summed E-state index contributed by atoms with van der Waals surface area (Å²) in [5, 5.41) is 13.3. The molecule has 1 fully saturated rings. The van der Waals surface area contributed by atoms with E-state index in [1.54, 1.807) is 7.11 Å². The number of ether oxygens (including phenoxy) is 2. The summed E-state index contributed by atoms with van der Waals surface area (Å²) in [6, 6.07) is 20.8. The standard InChI is InChI=1S/C27H29N5O2S/c1-33-27-25(31-35-2)16-24(29-30-27)20-11-8-14-23(15-20)34-18-21-17-28-32(22-12-6-7-13-22)26(21)19-9-4-3-5-10-19/h3-5,8-11,14-17,22H,6-7,12-13,18H2,1-2H3,(H,29,31). The Morgan fingerprint density at radius 2 is 1.80 bits per heavy atom. The van der Waals surface area contributed by atoms with Gasteiger partial charge in [-0.05, 0) is 31.0 Å². The van der Waals surface area contributed by atoms with Crippen LogP contribution < -0.4 is 14.2 Å². The highest BCUT2D eigenvalue weighted by Gasteiger charge is 2.23. The molecule has 0 bridgehead atoms. The lowest BCUT2D eigenvalue weighted by Crippen LogP contribution is -2.09. The van der Waals surface area contributed by atoms with Gasteiger partial charge in [0.1, 0.15) is 18.0 Å². The normalized spacial score (nSPS) is 13.7. The molecule has 2 aromatic carbocycles. The van der Waals surface area contributed by atoms with Gasteiger partial charge in [0.2, 0.25) is 0 Å². The van der Waals surface area contributed by atoms with Gasteiger partial charge in [0.05, 0.1) is 30.7 Å². The lowest BCUT2D eigenvalue weighted by atomic mass is 10.1. The summed E-state index contributed by atoms with van der Waals surface area (Å²) in [5.41, 5.74) is 5.86. The first-order valence-corrected chi connectivity index (χ1v) is 13.0. The molecular weight excluding hydrogens is 458 g/mol. The zero-order chi connectivity index (χ0) is 24.0. The van der Waals surface area contributed by atoms with Crippen molar-refractivity contribution in [2.45, 2.75) is 38.3 Å². The zero-order valence-corrected chi connectivity index (χ0v) is 20.8. The smallest absolute Gasteiger partial charge is 0.257 e. The SMILES string of the molecule is COc1nnc(-c2cccc(OCc3cnn(C4CCCC4)c3-c3ccccc3)c2)cc1NSC. The van der Waals surface area contributed by atoms with Gasteiger partial charge in [0.15, 0.2) is 0 Å². The Balaban J connectivity index is 1.39. The van der Waals surface area contributed by atoms with Crippen LogP contribution >= 0.6 is 11.9 Å². The summed E-state index contributed by atoms with van der Waals surface area (Å²) in [6.07, 6.45) is 8.80. The monoisotopic (exact) mass is 487 g/mol. The number of benzene rings is 2. The number of hydrogen-bond acceptors (Lipinski definition) is 7. The molecule has 180 valence electrons. The summed E-state index contributed by atoms with van der Waals surface area (Å²) in [6.45, 7) is 0.438. The van der Waals surface area contributed by atoms with Crippen molar-refractivity contribution >= 4 is 17.6 Å². The highest BCUT2D eigenvalue weighted by Crippen LogP contribution is 2.35. The molecule has 1 saturated carbocycles. The van der Waals surface area contributed by atoms with E-state index in [9.17, 15) is 0 Å². The van der Waals surface area contributed by atoms with Crippen molar-refractivity contribution in [3.63, 3.8) is 0 Å². The Morgan fingerprint density at radius 3 is 2.57 bits per heavy atom. The van der Waals surface area contributed by atoms with Gasteiger partial charge in [-0.1, -0.05) is 67.3 Å². The molecule has 0 atom stereocenters. The predicted molar refractivity (Wildman–Crippen MR) is 141 cm³/mol. The molecule has 2 aromatic heterocycles. The van der Waals surface area contributed by atoms with Crippen LogP contribution in [0.4, 0.5) is 5.69 Å². The second-order valence-corrected chi connectivity index (χ2v) is 9.15. The Morgan fingerprint density at radius 1 is 1.00 bits per heavy atom. The number of hydrogen-bond donors (Lipinski definition) is 1. The molecule has 1 aliphatic rings. The largest absolute Gasteiger partial charge is 0.489 e. The maximum Gasteiger partial charge on any atom is 0.257 e. The number of aromatic nitrogens is 4.